The molecule has 4 atom stereocenters. The molecule has 0 aliphatic carbocycles. The quantitative estimate of drug-likeness (QED) is 0.693. The summed E-state index contributed by atoms with van der Waals surface area (Å²) in [5.74, 6) is 0.00981. The molecule has 94 valence electrons. The molecule has 2 rings (SSSR count). The number of alkyl halides is 1. The van der Waals surface area contributed by atoms with Crippen LogP contribution in [-0.2, 0) is 4.79 Å². The topological polar surface area (TPSA) is 58.4 Å². The molecular formula is C10H19ClFN3O. The van der Waals surface area contributed by atoms with E-state index >= 15 is 0 Å². The first-order valence-corrected chi connectivity index (χ1v) is 5.53. The van der Waals surface area contributed by atoms with E-state index in [0.717, 1.165) is 6.42 Å². The van der Waals surface area contributed by atoms with Gasteiger partial charge in [0.05, 0.1) is 6.04 Å². The van der Waals surface area contributed by atoms with Crippen LogP contribution in [0.1, 0.15) is 19.8 Å². The number of nitrogens with two attached hydrogens (primary N) is 1. The van der Waals surface area contributed by atoms with E-state index in [4.69, 9.17) is 5.73 Å². The number of likely N-dealkylation sites (tertiary alicyclic amines) is 1. The highest BCUT2D eigenvalue weighted by Crippen LogP contribution is 2.20. The van der Waals surface area contributed by atoms with E-state index in [0.29, 0.717) is 19.5 Å². The molecule has 6 heteroatoms. The Kier molecular flexibility index (Phi) is 4.52. The number of hydrogen-bond donors (Lipinski definition) is 2. The van der Waals surface area contributed by atoms with Crippen LogP contribution in [0.3, 0.4) is 0 Å². The van der Waals surface area contributed by atoms with Crippen molar-refractivity contribution in [1.82, 2.24) is 10.2 Å². The standard InChI is InChI=1S/C10H18FN3O.ClH/c1-6-8(12)2-3-14(6)10(15)9-4-7(11)5-13-9;/h6-9,13H,2-5,12H2,1H3;1H/t6?,7-,8?,9+;/m0./s1. The van der Waals surface area contributed by atoms with E-state index in [1.54, 1.807) is 4.90 Å². The predicted octanol–water partition coefficient (Wildman–Crippen LogP) is 0.0563. The van der Waals surface area contributed by atoms with Crippen LogP contribution in [0.5, 0.6) is 0 Å². The van der Waals surface area contributed by atoms with Gasteiger partial charge < -0.3 is 16.0 Å². The summed E-state index contributed by atoms with van der Waals surface area (Å²) in [7, 11) is 0. The molecule has 0 aromatic rings. The second-order valence-corrected chi connectivity index (χ2v) is 4.52. The van der Waals surface area contributed by atoms with Gasteiger partial charge in [0, 0.05) is 31.6 Å². The van der Waals surface area contributed by atoms with Crippen LogP contribution in [0.25, 0.3) is 0 Å². The normalized spacial score (nSPS) is 38.6. The largest absolute Gasteiger partial charge is 0.337 e. The Labute approximate surface area is 101 Å². The van der Waals surface area contributed by atoms with E-state index in [-0.39, 0.29) is 36.4 Å². The van der Waals surface area contributed by atoms with Gasteiger partial charge in [0.2, 0.25) is 5.91 Å². The minimum atomic E-state index is -0.884. The number of halogens is 2. The van der Waals surface area contributed by atoms with E-state index in [1.165, 1.54) is 0 Å². The van der Waals surface area contributed by atoms with Crippen LogP contribution in [0.15, 0.2) is 0 Å². The number of carbonyl (C=O) groups excluding carboxylic acids is 1. The highest BCUT2D eigenvalue weighted by atomic mass is 35.5. The maximum atomic E-state index is 12.9. The molecule has 0 aromatic carbocycles. The molecule has 2 saturated heterocycles. The molecule has 0 radical (unpaired) electrons. The number of carbonyl (C=O) groups is 1. The molecule has 0 spiro atoms. The fourth-order valence-electron chi connectivity index (χ4n) is 2.36. The van der Waals surface area contributed by atoms with E-state index in [9.17, 15) is 9.18 Å². The third kappa shape index (κ3) is 2.47. The number of nitrogens with zero attached hydrogens (tertiary/aromatic N) is 1. The van der Waals surface area contributed by atoms with Gasteiger partial charge in [-0.3, -0.25) is 4.79 Å². The molecule has 1 amide bonds. The van der Waals surface area contributed by atoms with Crippen LogP contribution in [0, 0.1) is 0 Å². The Balaban J connectivity index is 0.00000128. The lowest BCUT2D eigenvalue weighted by molar-refractivity contribution is -0.133. The van der Waals surface area contributed by atoms with Gasteiger partial charge >= 0.3 is 0 Å². The van der Waals surface area contributed by atoms with Crippen LogP contribution in [0.2, 0.25) is 0 Å². The molecule has 2 aliphatic rings. The Bertz CT molecular complexity index is 266. The number of rotatable bonds is 1. The predicted molar refractivity (Wildman–Crippen MR) is 62.3 cm³/mol. The van der Waals surface area contributed by atoms with Crippen LogP contribution in [0.4, 0.5) is 4.39 Å². The molecule has 0 saturated carbocycles. The maximum Gasteiger partial charge on any atom is 0.240 e. The van der Waals surface area contributed by atoms with Gasteiger partial charge in [-0.2, -0.15) is 0 Å². The molecule has 3 N–H and O–H groups in total. The third-order valence-electron chi connectivity index (χ3n) is 3.47. The SMILES string of the molecule is CC1C(N)CCN1C(=O)[C@H]1C[C@H](F)CN1.Cl. The van der Waals surface area contributed by atoms with Gasteiger partial charge in [0.25, 0.3) is 0 Å². The number of nitrogens with one attached hydrogen (secondary N) is 1. The average Bonchev–Trinajstić information content (AvgIpc) is 2.75. The molecule has 2 fully saturated rings. The fraction of sp³-hybridized carbons (Fsp3) is 0.900. The average molecular weight is 252 g/mol. The Morgan fingerprint density at radius 3 is 2.69 bits per heavy atom. The first-order valence-electron chi connectivity index (χ1n) is 5.53. The maximum absolute atomic E-state index is 12.9. The van der Waals surface area contributed by atoms with Crippen molar-refractivity contribution in [3.05, 3.63) is 0 Å². The van der Waals surface area contributed by atoms with Gasteiger partial charge in [-0.25, -0.2) is 4.39 Å². The van der Waals surface area contributed by atoms with Crippen LogP contribution < -0.4 is 11.1 Å². The van der Waals surface area contributed by atoms with Crippen molar-refractivity contribution in [3.63, 3.8) is 0 Å². The van der Waals surface area contributed by atoms with Gasteiger partial charge in [-0.05, 0) is 13.3 Å². The zero-order valence-corrected chi connectivity index (χ0v) is 10.2. The zero-order valence-electron chi connectivity index (χ0n) is 9.36. The molecule has 2 aliphatic heterocycles. The van der Waals surface area contributed by atoms with E-state index < -0.39 is 6.17 Å². The first kappa shape index (κ1) is 13.7. The highest BCUT2D eigenvalue weighted by molar-refractivity contribution is 5.85. The smallest absolute Gasteiger partial charge is 0.240 e. The summed E-state index contributed by atoms with van der Waals surface area (Å²) in [4.78, 5) is 13.8. The van der Waals surface area contributed by atoms with Crippen LogP contribution >= 0.6 is 12.4 Å². The number of hydrogen-bond acceptors (Lipinski definition) is 3. The van der Waals surface area contributed by atoms with Gasteiger partial charge in [0.15, 0.2) is 0 Å². The van der Waals surface area contributed by atoms with E-state index in [1.807, 2.05) is 6.92 Å². The molecule has 4 nitrogen and oxygen atoms in total. The van der Waals surface area contributed by atoms with Gasteiger partial charge in [-0.15, -0.1) is 12.4 Å². The van der Waals surface area contributed by atoms with Crippen molar-refractivity contribution in [2.45, 2.75) is 44.1 Å². The molecule has 2 heterocycles. The Hall–Kier alpha value is -0.390. The molecule has 2 unspecified atom stereocenters. The Morgan fingerprint density at radius 2 is 2.25 bits per heavy atom. The molecule has 0 bridgehead atoms. The first-order chi connectivity index (χ1) is 7.09. The van der Waals surface area contributed by atoms with Crippen molar-refractivity contribution in [2.75, 3.05) is 13.1 Å². The highest BCUT2D eigenvalue weighted by Gasteiger charge is 2.37. The summed E-state index contributed by atoms with van der Waals surface area (Å²) in [5.41, 5.74) is 5.84. The second-order valence-electron chi connectivity index (χ2n) is 4.52. The summed E-state index contributed by atoms with van der Waals surface area (Å²) in [6.45, 7) is 2.96. The lowest BCUT2D eigenvalue weighted by Crippen LogP contribution is -2.47. The van der Waals surface area contributed by atoms with Crippen molar-refractivity contribution in [1.29, 1.82) is 0 Å². The fourth-order valence-corrected chi connectivity index (χ4v) is 2.36. The van der Waals surface area contributed by atoms with Crippen molar-refractivity contribution in [3.8, 4) is 0 Å². The second kappa shape index (κ2) is 5.29. The monoisotopic (exact) mass is 251 g/mol. The Morgan fingerprint density at radius 1 is 1.56 bits per heavy atom. The van der Waals surface area contributed by atoms with Gasteiger partial charge in [-0.1, -0.05) is 0 Å². The minimum Gasteiger partial charge on any atom is -0.337 e. The molecule has 0 aromatic heterocycles. The van der Waals surface area contributed by atoms with Crippen molar-refractivity contribution < 1.29 is 9.18 Å². The molecule has 16 heavy (non-hydrogen) atoms. The summed E-state index contributed by atoms with van der Waals surface area (Å²) in [5, 5.41) is 2.91. The van der Waals surface area contributed by atoms with Crippen molar-refractivity contribution in [2.24, 2.45) is 5.73 Å². The summed E-state index contributed by atoms with van der Waals surface area (Å²) in [6.07, 6.45) is 0.265. The third-order valence-corrected chi connectivity index (χ3v) is 3.47. The lowest BCUT2D eigenvalue weighted by Gasteiger charge is -2.26. The van der Waals surface area contributed by atoms with Crippen LogP contribution in [-0.4, -0.2) is 48.2 Å². The van der Waals surface area contributed by atoms with Crippen molar-refractivity contribution >= 4 is 18.3 Å². The minimum absolute atomic E-state index is 0. The van der Waals surface area contributed by atoms with Gasteiger partial charge in [0.1, 0.15) is 6.17 Å². The zero-order chi connectivity index (χ0) is 11.0. The summed E-state index contributed by atoms with van der Waals surface area (Å²) < 4.78 is 12.9. The molecular weight excluding hydrogens is 233 g/mol. The lowest BCUT2D eigenvalue weighted by atomic mass is 10.1. The number of amides is 1. The van der Waals surface area contributed by atoms with E-state index in [2.05, 4.69) is 5.32 Å². The summed E-state index contributed by atoms with van der Waals surface area (Å²) >= 11 is 0. The summed E-state index contributed by atoms with van der Waals surface area (Å²) in [6, 6.07) is -0.192.